The van der Waals surface area contributed by atoms with Crippen LogP contribution >= 0.6 is 11.6 Å². The SMILES string of the molecule is C[C@@H]1CN(Cc2ccc(F)cc2)[C@@H](C)CN1C(=O)COc1ccc(Cl)cc1C(=O)Cc1nn[nH]n1. The Morgan fingerprint density at radius 1 is 1.14 bits per heavy atom. The van der Waals surface area contributed by atoms with Gasteiger partial charge in [0.15, 0.2) is 18.2 Å². The van der Waals surface area contributed by atoms with Gasteiger partial charge in [0.25, 0.3) is 5.91 Å². The minimum Gasteiger partial charge on any atom is -0.483 e. The van der Waals surface area contributed by atoms with E-state index in [0.717, 1.165) is 5.56 Å². The molecule has 1 N–H and O–H groups in total. The fourth-order valence-corrected chi connectivity index (χ4v) is 4.33. The van der Waals surface area contributed by atoms with Gasteiger partial charge >= 0.3 is 0 Å². The van der Waals surface area contributed by atoms with Crippen molar-refractivity contribution in [1.82, 2.24) is 30.4 Å². The highest BCUT2D eigenvalue weighted by Gasteiger charge is 2.32. The normalized spacial score (nSPS) is 18.5. The van der Waals surface area contributed by atoms with Gasteiger partial charge in [-0.15, -0.1) is 10.2 Å². The molecule has 1 saturated heterocycles. The van der Waals surface area contributed by atoms with E-state index in [1.54, 1.807) is 29.2 Å². The Labute approximate surface area is 207 Å². The molecule has 2 aromatic carbocycles. The topological polar surface area (TPSA) is 104 Å². The molecule has 35 heavy (non-hydrogen) atoms. The molecular formula is C24H26ClFN6O3. The first-order valence-electron chi connectivity index (χ1n) is 11.3. The summed E-state index contributed by atoms with van der Waals surface area (Å²) < 4.78 is 19.0. The molecule has 0 saturated carbocycles. The molecule has 3 aromatic rings. The summed E-state index contributed by atoms with van der Waals surface area (Å²) in [6, 6.07) is 11.2. The van der Waals surface area contributed by atoms with Gasteiger partial charge in [-0.25, -0.2) is 4.39 Å². The summed E-state index contributed by atoms with van der Waals surface area (Å²) >= 11 is 6.09. The molecule has 0 bridgehead atoms. The fraction of sp³-hybridized carbons (Fsp3) is 0.375. The van der Waals surface area contributed by atoms with Gasteiger partial charge in [0, 0.05) is 36.7 Å². The van der Waals surface area contributed by atoms with Crippen LogP contribution in [0.3, 0.4) is 0 Å². The number of rotatable bonds is 8. The average Bonchev–Trinajstić information content (AvgIpc) is 3.34. The average molecular weight is 501 g/mol. The summed E-state index contributed by atoms with van der Waals surface area (Å²) in [6.45, 7) is 5.74. The second kappa shape index (κ2) is 10.9. The Kier molecular flexibility index (Phi) is 7.72. The van der Waals surface area contributed by atoms with E-state index in [9.17, 15) is 14.0 Å². The third-order valence-corrected chi connectivity index (χ3v) is 6.27. The Morgan fingerprint density at radius 2 is 1.91 bits per heavy atom. The summed E-state index contributed by atoms with van der Waals surface area (Å²) in [6.07, 6.45) is -0.0777. The second-order valence-electron chi connectivity index (χ2n) is 8.66. The lowest BCUT2D eigenvalue weighted by Crippen LogP contribution is -2.58. The van der Waals surface area contributed by atoms with Gasteiger partial charge in [-0.3, -0.25) is 14.5 Å². The van der Waals surface area contributed by atoms with Crippen LogP contribution in [0.25, 0.3) is 0 Å². The first kappa shape index (κ1) is 24.7. The molecule has 2 atom stereocenters. The minimum absolute atomic E-state index is 0.0349. The van der Waals surface area contributed by atoms with Gasteiger partial charge in [0.1, 0.15) is 11.6 Å². The first-order valence-corrected chi connectivity index (χ1v) is 11.6. The van der Waals surface area contributed by atoms with Crippen LogP contribution in [0.1, 0.15) is 35.6 Å². The summed E-state index contributed by atoms with van der Waals surface area (Å²) in [5.41, 5.74) is 1.27. The minimum atomic E-state index is -0.298. The number of amides is 1. The largest absolute Gasteiger partial charge is 0.483 e. The quantitative estimate of drug-likeness (QED) is 0.474. The standard InChI is InChI=1S/C24H26ClFN6O3/c1-15-12-32(16(2)11-31(15)13-17-3-6-19(26)7-4-17)24(34)14-35-22-8-5-18(25)9-20(22)21(33)10-23-27-29-30-28-23/h3-9,15-16H,10-14H2,1-2H3,(H,27,28,29,30)/t15-,16+/m0/s1. The third kappa shape index (κ3) is 6.20. The molecule has 11 heteroatoms. The van der Waals surface area contributed by atoms with Crippen molar-refractivity contribution in [2.75, 3.05) is 19.7 Å². The molecule has 184 valence electrons. The summed E-state index contributed by atoms with van der Waals surface area (Å²) in [7, 11) is 0. The Hall–Kier alpha value is -3.37. The highest BCUT2D eigenvalue weighted by Crippen LogP contribution is 2.25. The highest BCUT2D eigenvalue weighted by molar-refractivity contribution is 6.31. The summed E-state index contributed by atoms with van der Waals surface area (Å²) in [5.74, 6) is -0.207. The number of hydrogen-bond acceptors (Lipinski definition) is 7. The number of halogens is 2. The predicted molar refractivity (Wildman–Crippen MR) is 127 cm³/mol. The zero-order valence-corrected chi connectivity index (χ0v) is 20.2. The molecule has 1 fully saturated rings. The molecule has 0 unspecified atom stereocenters. The van der Waals surface area contributed by atoms with Crippen LogP contribution in [-0.2, 0) is 17.8 Å². The second-order valence-corrected chi connectivity index (χ2v) is 9.09. The summed E-state index contributed by atoms with van der Waals surface area (Å²) in [4.78, 5) is 29.8. The first-order chi connectivity index (χ1) is 16.8. The molecular weight excluding hydrogens is 475 g/mol. The summed E-state index contributed by atoms with van der Waals surface area (Å²) in [5, 5.41) is 13.7. The van der Waals surface area contributed by atoms with E-state index in [1.807, 2.05) is 6.92 Å². The van der Waals surface area contributed by atoms with E-state index in [2.05, 4.69) is 32.4 Å². The molecule has 9 nitrogen and oxygen atoms in total. The lowest BCUT2D eigenvalue weighted by molar-refractivity contribution is -0.139. The van der Waals surface area contributed by atoms with Gasteiger partial charge in [0.2, 0.25) is 0 Å². The molecule has 0 aliphatic carbocycles. The van der Waals surface area contributed by atoms with Crippen molar-refractivity contribution in [2.24, 2.45) is 0 Å². The maximum atomic E-state index is 13.2. The van der Waals surface area contributed by atoms with Crippen molar-refractivity contribution in [3.63, 3.8) is 0 Å². The van der Waals surface area contributed by atoms with Crippen LogP contribution in [0.5, 0.6) is 5.75 Å². The van der Waals surface area contributed by atoms with Crippen molar-refractivity contribution >= 4 is 23.3 Å². The number of benzene rings is 2. The number of H-pyrrole nitrogens is 1. The Morgan fingerprint density at radius 3 is 2.63 bits per heavy atom. The van der Waals surface area contributed by atoms with E-state index in [4.69, 9.17) is 16.3 Å². The zero-order chi connectivity index (χ0) is 24.9. The number of aromatic nitrogens is 4. The van der Waals surface area contributed by atoms with Crippen LogP contribution in [0.2, 0.25) is 5.02 Å². The predicted octanol–water partition coefficient (Wildman–Crippen LogP) is 2.92. The van der Waals surface area contributed by atoms with Crippen molar-refractivity contribution in [1.29, 1.82) is 0 Å². The van der Waals surface area contributed by atoms with E-state index in [0.29, 0.717) is 24.7 Å². The molecule has 2 heterocycles. The van der Waals surface area contributed by atoms with E-state index >= 15 is 0 Å². The number of carbonyl (C=O) groups is 2. The maximum Gasteiger partial charge on any atom is 0.260 e. The molecule has 1 aromatic heterocycles. The van der Waals surface area contributed by atoms with Crippen molar-refractivity contribution in [3.8, 4) is 5.75 Å². The number of tetrazole rings is 1. The van der Waals surface area contributed by atoms with Crippen LogP contribution in [0, 0.1) is 5.82 Å². The van der Waals surface area contributed by atoms with Crippen molar-refractivity contribution in [3.05, 3.63) is 70.3 Å². The molecule has 1 amide bonds. The number of nitrogens with zero attached hydrogens (tertiary/aromatic N) is 5. The number of nitrogens with one attached hydrogen (secondary N) is 1. The number of aromatic amines is 1. The van der Waals surface area contributed by atoms with Crippen LogP contribution < -0.4 is 4.74 Å². The van der Waals surface area contributed by atoms with Gasteiger partial charge in [0.05, 0.1) is 12.0 Å². The Bertz CT molecular complexity index is 1170. The smallest absolute Gasteiger partial charge is 0.260 e. The zero-order valence-electron chi connectivity index (χ0n) is 19.4. The van der Waals surface area contributed by atoms with Crippen LogP contribution in [0.4, 0.5) is 4.39 Å². The number of hydrogen-bond donors (Lipinski definition) is 1. The van der Waals surface area contributed by atoms with Crippen molar-refractivity contribution < 1.29 is 18.7 Å². The molecule has 0 radical (unpaired) electrons. The number of ketones is 1. The number of carbonyl (C=O) groups excluding carboxylic acids is 2. The molecule has 1 aliphatic rings. The van der Waals surface area contributed by atoms with Gasteiger partial charge in [-0.05, 0) is 49.7 Å². The number of piperazine rings is 1. The lowest BCUT2D eigenvalue weighted by atomic mass is 10.1. The molecule has 1 aliphatic heterocycles. The monoisotopic (exact) mass is 500 g/mol. The van der Waals surface area contributed by atoms with Gasteiger partial charge in [-0.2, -0.15) is 5.21 Å². The van der Waals surface area contributed by atoms with Gasteiger partial charge < -0.3 is 9.64 Å². The third-order valence-electron chi connectivity index (χ3n) is 6.04. The van der Waals surface area contributed by atoms with Crippen LogP contribution in [0.15, 0.2) is 42.5 Å². The van der Waals surface area contributed by atoms with Crippen molar-refractivity contribution in [2.45, 2.75) is 38.9 Å². The van der Waals surface area contributed by atoms with Crippen LogP contribution in [-0.4, -0.2) is 73.9 Å². The number of ether oxygens (including phenoxy) is 1. The van der Waals surface area contributed by atoms with E-state index in [1.165, 1.54) is 18.2 Å². The highest BCUT2D eigenvalue weighted by atomic mass is 35.5. The lowest BCUT2D eigenvalue weighted by Gasteiger charge is -2.44. The number of Topliss-reactive ketones (excluding diaryl/α,β-unsaturated/α-hetero) is 1. The molecule has 0 spiro atoms. The van der Waals surface area contributed by atoms with Gasteiger partial charge in [-0.1, -0.05) is 28.9 Å². The Balaban J connectivity index is 1.37. The fourth-order valence-electron chi connectivity index (χ4n) is 4.15. The maximum absolute atomic E-state index is 13.2. The molecule has 4 rings (SSSR count). The van der Waals surface area contributed by atoms with E-state index < -0.39 is 0 Å². The van der Waals surface area contributed by atoms with E-state index in [-0.39, 0.29) is 59.8 Å².